The van der Waals surface area contributed by atoms with Crippen LogP contribution in [0, 0.1) is 10.8 Å². The molecule has 2 aliphatic carbocycles. The fourth-order valence-electron chi connectivity index (χ4n) is 3.72. The maximum absolute atomic E-state index is 12.5. The Balaban J connectivity index is 2.59. The third kappa shape index (κ3) is 1.41. The number of ether oxygens (including phenoxy) is 1. The minimum absolute atomic E-state index is 0.0202. The molecule has 3 heteroatoms. The SMILES string of the molecule is C=C1CC[C@]2(C)CCCCC(=O)[C@]12C(=O)OC. The van der Waals surface area contributed by atoms with E-state index in [1.807, 2.05) is 6.92 Å². The molecular formula is C14H20O3. The number of Topliss-reactive ketones (excluding diaryl/α,β-unsaturated/α-hetero) is 1. The first kappa shape index (κ1) is 12.3. The quantitative estimate of drug-likeness (QED) is 0.399. The van der Waals surface area contributed by atoms with Gasteiger partial charge in [0.25, 0.3) is 0 Å². The molecule has 0 aromatic rings. The average molecular weight is 236 g/mol. The van der Waals surface area contributed by atoms with Gasteiger partial charge in [-0.1, -0.05) is 25.5 Å². The molecule has 0 radical (unpaired) electrons. The minimum atomic E-state index is -1.06. The van der Waals surface area contributed by atoms with Crippen LogP contribution in [0.4, 0.5) is 0 Å². The fraction of sp³-hybridized carbons (Fsp3) is 0.714. The number of rotatable bonds is 1. The number of carbonyl (C=O) groups is 2. The number of methoxy groups -OCH3 is 1. The molecule has 3 nitrogen and oxygen atoms in total. The summed E-state index contributed by atoms with van der Waals surface area (Å²) >= 11 is 0. The molecule has 2 saturated carbocycles. The molecule has 0 aliphatic heterocycles. The average Bonchev–Trinajstić information content (AvgIpc) is 2.49. The molecule has 0 spiro atoms. The molecule has 2 fully saturated rings. The summed E-state index contributed by atoms with van der Waals surface area (Å²) in [4.78, 5) is 24.7. The standard InChI is InChI=1S/C14H20O3/c1-10-7-9-13(2)8-5-4-6-11(15)14(10,13)12(16)17-3/h1,4-9H2,2-3H3/t13-,14-/m0/s1. The van der Waals surface area contributed by atoms with Gasteiger partial charge in [-0.15, -0.1) is 0 Å². The predicted molar refractivity (Wildman–Crippen MR) is 64.4 cm³/mol. The summed E-state index contributed by atoms with van der Waals surface area (Å²) in [5.74, 6) is -0.374. The number of fused-ring (bicyclic) bond motifs is 1. The number of carbonyl (C=O) groups excluding carboxylic acids is 2. The van der Waals surface area contributed by atoms with Crippen LogP contribution in [-0.2, 0) is 14.3 Å². The first-order chi connectivity index (χ1) is 7.99. The van der Waals surface area contributed by atoms with Crippen molar-refractivity contribution in [3.8, 4) is 0 Å². The maximum Gasteiger partial charge on any atom is 0.324 e. The number of hydrogen-bond donors (Lipinski definition) is 0. The van der Waals surface area contributed by atoms with Gasteiger partial charge in [0.1, 0.15) is 0 Å². The summed E-state index contributed by atoms with van der Waals surface area (Å²) in [5, 5.41) is 0. The highest BCUT2D eigenvalue weighted by Crippen LogP contribution is 2.60. The number of ketones is 1. The van der Waals surface area contributed by atoms with Crippen LogP contribution >= 0.6 is 0 Å². The van der Waals surface area contributed by atoms with E-state index in [2.05, 4.69) is 6.58 Å². The molecule has 0 aromatic heterocycles. The molecule has 0 amide bonds. The summed E-state index contributed by atoms with van der Waals surface area (Å²) in [6.45, 7) is 6.04. The summed E-state index contributed by atoms with van der Waals surface area (Å²) in [6, 6.07) is 0. The lowest BCUT2D eigenvalue weighted by Gasteiger charge is -2.39. The molecule has 2 atom stereocenters. The number of esters is 1. The van der Waals surface area contributed by atoms with Crippen LogP contribution in [0.15, 0.2) is 12.2 Å². The topological polar surface area (TPSA) is 43.4 Å². The third-order valence-corrected chi connectivity index (χ3v) is 4.71. The van der Waals surface area contributed by atoms with Crippen molar-refractivity contribution in [2.45, 2.75) is 45.4 Å². The van der Waals surface area contributed by atoms with Gasteiger partial charge in [-0.3, -0.25) is 9.59 Å². The fourth-order valence-corrected chi connectivity index (χ4v) is 3.72. The van der Waals surface area contributed by atoms with Gasteiger partial charge in [0.2, 0.25) is 0 Å². The molecule has 0 unspecified atom stereocenters. The van der Waals surface area contributed by atoms with E-state index < -0.39 is 11.4 Å². The second kappa shape index (κ2) is 3.97. The molecular weight excluding hydrogens is 216 g/mol. The first-order valence-electron chi connectivity index (χ1n) is 6.29. The van der Waals surface area contributed by atoms with Crippen LogP contribution in [0.1, 0.15) is 45.4 Å². The highest BCUT2D eigenvalue weighted by atomic mass is 16.5. The van der Waals surface area contributed by atoms with Crippen molar-refractivity contribution in [2.75, 3.05) is 7.11 Å². The molecule has 17 heavy (non-hydrogen) atoms. The van der Waals surface area contributed by atoms with Gasteiger partial charge in [-0.25, -0.2) is 0 Å². The molecule has 0 aromatic carbocycles. The third-order valence-electron chi connectivity index (χ3n) is 4.71. The van der Waals surface area contributed by atoms with E-state index in [4.69, 9.17) is 4.74 Å². The van der Waals surface area contributed by atoms with Gasteiger partial charge < -0.3 is 4.74 Å². The zero-order valence-corrected chi connectivity index (χ0v) is 10.7. The minimum Gasteiger partial charge on any atom is -0.468 e. The lowest BCUT2D eigenvalue weighted by atomic mass is 9.62. The lowest BCUT2D eigenvalue weighted by molar-refractivity contribution is -0.161. The van der Waals surface area contributed by atoms with E-state index in [-0.39, 0.29) is 11.2 Å². The Morgan fingerprint density at radius 1 is 1.29 bits per heavy atom. The molecule has 94 valence electrons. The van der Waals surface area contributed by atoms with E-state index in [1.54, 1.807) is 0 Å². The molecule has 0 saturated heterocycles. The Labute approximate surface area is 102 Å². The van der Waals surface area contributed by atoms with E-state index in [1.165, 1.54) is 7.11 Å². The highest BCUT2D eigenvalue weighted by molar-refractivity contribution is 6.08. The maximum atomic E-state index is 12.5. The van der Waals surface area contributed by atoms with Crippen LogP contribution in [0.25, 0.3) is 0 Å². The zero-order valence-electron chi connectivity index (χ0n) is 10.7. The Morgan fingerprint density at radius 2 is 2.00 bits per heavy atom. The van der Waals surface area contributed by atoms with E-state index >= 15 is 0 Å². The van der Waals surface area contributed by atoms with Crippen molar-refractivity contribution >= 4 is 11.8 Å². The Bertz CT molecular complexity index is 385. The van der Waals surface area contributed by atoms with Crippen molar-refractivity contribution < 1.29 is 14.3 Å². The van der Waals surface area contributed by atoms with Crippen molar-refractivity contribution in [1.82, 2.24) is 0 Å². The summed E-state index contributed by atoms with van der Waals surface area (Å²) in [7, 11) is 1.36. The second-order valence-corrected chi connectivity index (χ2v) is 5.54. The Kier molecular flexibility index (Phi) is 2.88. The van der Waals surface area contributed by atoms with Crippen LogP contribution < -0.4 is 0 Å². The van der Waals surface area contributed by atoms with Crippen molar-refractivity contribution in [3.05, 3.63) is 12.2 Å². The van der Waals surface area contributed by atoms with Gasteiger partial charge in [-0.05, 0) is 31.1 Å². The van der Waals surface area contributed by atoms with Gasteiger partial charge in [0.15, 0.2) is 11.2 Å². The predicted octanol–water partition coefficient (Wildman–Crippen LogP) is 2.65. The first-order valence-corrected chi connectivity index (χ1v) is 6.29. The van der Waals surface area contributed by atoms with Crippen LogP contribution in [0.3, 0.4) is 0 Å². The van der Waals surface area contributed by atoms with Crippen molar-refractivity contribution in [1.29, 1.82) is 0 Å². The molecule has 0 heterocycles. The van der Waals surface area contributed by atoms with Gasteiger partial charge in [0, 0.05) is 6.42 Å². The van der Waals surface area contributed by atoms with Gasteiger partial charge in [0.05, 0.1) is 7.11 Å². The molecule has 2 aliphatic rings. The summed E-state index contributed by atoms with van der Waals surface area (Å²) in [6.07, 6.45) is 4.90. The van der Waals surface area contributed by atoms with Crippen molar-refractivity contribution in [3.63, 3.8) is 0 Å². The van der Waals surface area contributed by atoms with Crippen LogP contribution in [0.5, 0.6) is 0 Å². The highest BCUT2D eigenvalue weighted by Gasteiger charge is 2.64. The van der Waals surface area contributed by atoms with Crippen molar-refractivity contribution in [2.24, 2.45) is 10.8 Å². The van der Waals surface area contributed by atoms with Crippen LogP contribution in [0.2, 0.25) is 0 Å². The summed E-state index contributed by atoms with van der Waals surface area (Å²) in [5.41, 5.74) is -0.582. The Morgan fingerprint density at radius 3 is 2.65 bits per heavy atom. The molecule has 0 bridgehead atoms. The monoisotopic (exact) mass is 236 g/mol. The van der Waals surface area contributed by atoms with E-state index in [0.717, 1.165) is 37.7 Å². The van der Waals surface area contributed by atoms with Gasteiger partial charge in [-0.2, -0.15) is 0 Å². The largest absolute Gasteiger partial charge is 0.468 e. The normalized spacial score (nSPS) is 37.5. The smallest absolute Gasteiger partial charge is 0.324 e. The second-order valence-electron chi connectivity index (χ2n) is 5.54. The van der Waals surface area contributed by atoms with Gasteiger partial charge >= 0.3 is 5.97 Å². The van der Waals surface area contributed by atoms with E-state index in [0.29, 0.717) is 6.42 Å². The molecule has 2 rings (SSSR count). The molecule has 0 N–H and O–H groups in total. The number of hydrogen-bond acceptors (Lipinski definition) is 3. The van der Waals surface area contributed by atoms with Crippen LogP contribution in [-0.4, -0.2) is 18.9 Å². The lowest BCUT2D eigenvalue weighted by Crippen LogP contribution is -2.49. The summed E-state index contributed by atoms with van der Waals surface area (Å²) < 4.78 is 4.94. The Hall–Kier alpha value is -1.12. The zero-order chi connectivity index (χ0) is 12.7. The van der Waals surface area contributed by atoms with E-state index in [9.17, 15) is 9.59 Å².